The highest BCUT2D eigenvalue weighted by Crippen LogP contribution is 2.55. The molecule has 4 saturated carbocycles. The van der Waals surface area contributed by atoms with Gasteiger partial charge in [0.25, 0.3) is 0 Å². The first-order valence-electron chi connectivity index (χ1n) is 10.4. The molecule has 3 heteroatoms. The van der Waals surface area contributed by atoms with Crippen LogP contribution in [0.3, 0.4) is 0 Å². The number of hydrogen-bond donors (Lipinski definition) is 1. The molecule has 2 aromatic carbocycles. The Balaban J connectivity index is 1.20. The van der Waals surface area contributed by atoms with Gasteiger partial charge in [-0.2, -0.15) is 0 Å². The van der Waals surface area contributed by atoms with Crippen LogP contribution in [0.15, 0.2) is 48.5 Å². The second kappa shape index (κ2) is 7.14. The van der Waals surface area contributed by atoms with E-state index in [0.717, 1.165) is 40.6 Å². The molecule has 1 N–H and O–H groups in total. The summed E-state index contributed by atoms with van der Waals surface area (Å²) in [5, 5.41) is 4.74. The average Bonchev–Trinajstić information content (AvgIpc) is 2.65. The second-order valence-corrected chi connectivity index (χ2v) is 9.55. The molecule has 0 heterocycles. The van der Waals surface area contributed by atoms with Crippen LogP contribution < -0.4 is 10.1 Å². The zero-order valence-corrected chi connectivity index (χ0v) is 16.5. The van der Waals surface area contributed by atoms with Gasteiger partial charge in [0.1, 0.15) is 12.4 Å². The third-order valence-corrected chi connectivity index (χ3v) is 7.17. The van der Waals surface area contributed by atoms with E-state index in [1.54, 1.807) is 0 Å². The summed E-state index contributed by atoms with van der Waals surface area (Å²) in [6.45, 7) is 1.52. The Morgan fingerprint density at radius 1 is 0.889 bits per heavy atom. The van der Waals surface area contributed by atoms with Gasteiger partial charge < -0.3 is 10.1 Å². The summed E-state index contributed by atoms with van der Waals surface area (Å²) >= 11 is 5.95. The van der Waals surface area contributed by atoms with E-state index in [-0.39, 0.29) is 0 Å². The lowest BCUT2D eigenvalue weighted by atomic mass is 9.53. The third kappa shape index (κ3) is 3.88. The van der Waals surface area contributed by atoms with Crippen molar-refractivity contribution in [2.45, 2.75) is 57.2 Å². The maximum atomic E-state index is 6.00. The molecule has 6 rings (SSSR count). The van der Waals surface area contributed by atoms with Crippen LogP contribution in [-0.4, -0.2) is 5.54 Å². The first-order valence-corrected chi connectivity index (χ1v) is 10.7. The molecule has 4 bridgehead atoms. The lowest BCUT2D eigenvalue weighted by Crippen LogP contribution is -2.58. The van der Waals surface area contributed by atoms with Gasteiger partial charge in [0.15, 0.2) is 0 Å². The van der Waals surface area contributed by atoms with Crippen LogP contribution in [0.5, 0.6) is 5.75 Å². The first-order chi connectivity index (χ1) is 13.2. The maximum Gasteiger partial charge on any atom is 0.120 e. The lowest BCUT2D eigenvalue weighted by molar-refractivity contribution is -0.0206. The predicted octanol–water partition coefficient (Wildman–Crippen LogP) is 5.98. The Kier molecular flexibility index (Phi) is 4.65. The minimum Gasteiger partial charge on any atom is -0.489 e. The van der Waals surface area contributed by atoms with E-state index in [9.17, 15) is 0 Å². The highest BCUT2D eigenvalue weighted by atomic mass is 35.5. The monoisotopic (exact) mass is 381 g/mol. The van der Waals surface area contributed by atoms with Crippen LogP contribution in [0.4, 0.5) is 0 Å². The molecule has 0 aliphatic heterocycles. The normalized spacial score (nSPS) is 31.2. The van der Waals surface area contributed by atoms with Crippen LogP contribution >= 0.6 is 11.6 Å². The third-order valence-electron chi connectivity index (χ3n) is 6.92. The van der Waals surface area contributed by atoms with Crippen molar-refractivity contribution < 1.29 is 4.74 Å². The van der Waals surface area contributed by atoms with Crippen LogP contribution in [0, 0.1) is 17.8 Å². The van der Waals surface area contributed by atoms with Crippen LogP contribution in [0.2, 0.25) is 5.02 Å². The Hall–Kier alpha value is -1.51. The van der Waals surface area contributed by atoms with Gasteiger partial charge in [-0.1, -0.05) is 35.9 Å². The second-order valence-electron chi connectivity index (χ2n) is 9.11. The Labute approximate surface area is 167 Å². The maximum absolute atomic E-state index is 6.00. The van der Waals surface area contributed by atoms with Crippen LogP contribution in [0.1, 0.15) is 49.7 Å². The molecule has 4 fully saturated rings. The van der Waals surface area contributed by atoms with Crippen molar-refractivity contribution in [3.8, 4) is 5.75 Å². The molecule has 0 saturated heterocycles. The Morgan fingerprint density at radius 3 is 2.22 bits per heavy atom. The molecule has 4 aliphatic rings. The Bertz CT molecular complexity index is 765. The van der Waals surface area contributed by atoms with Crippen LogP contribution in [0.25, 0.3) is 0 Å². The summed E-state index contributed by atoms with van der Waals surface area (Å²) in [6.07, 6.45) is 8.67. The van der Waals surface area contributed by atoms with E-state index in [4.69, 9.17) is 16.3 Å². The van der Waals surface area contributed by atoms with Crippen molar-refractivity contribution in [2.24, 2.45) is 17.8 Å². The fraction of sp³-hybridized carbons (Fsp3) is 0.500. The quantitative estimate of drug-likeness (QED) is 0.664. The lowest BCUT2D eigenvalue weighted by Gasteiger charge is -2.57. The van der Waals surface area contributed by atoms with Gasteiger partial charge in [-0.05, 0) is 91.7 Å². The SMILES string of the molecule is Clc1ccc(COc2cccc(CNC34CC5CC(CC(C5)C3)C4)c2)cc1. The molecule has 0 radical (unpaired) electrons. The van der Waals surface area contributed by atoms with E-state index in [2.05, 4.69) is 23.5 Å². The van der Waals surface area contributed by atoms with Crippen molar-refractivity contribution in [1.82, 2.24) is 5.32 Å². The van der Waals surface area contributed by atoms with Gasteiger partial charge in [0.05, 0.1) is 0 Å². The molecule has 0 unspecified atom stereocenters. The van der Waals surface area contributed by atoms with Gasteiger partial charge >= 0.3 is 0 Å². The molecule has 2 aromatic rings. The van der Waals surface area contributed by atoms with Gasteiger partial charge in [-0.15, -0.1) is 0 Å². The molecule has 27 heavy (non-hydrogen) atoms. The van der Waals surface area contributed by atoms with Crippen molar-refractivity contribution in [2.75, 3.05) is 0 Å². The number of rotatable bonds is 6. The number of halogens is 1. The van der Waals surface area contributed by atoms with Crippen molar-refractivity contribution in [3.63, 3.8) is 0 Å². The molecule has 0 spiro atoms. The van der Waals surface area contributed by atoms with Gasteiger partial charge in [-0.25, -0.2) is 0 Å². The molecular formula is C24H28ClNO. The number of ether oxygens (including phenoxy) is 1. The molecule has 142 valence electrons. The van der Waals surface area contributed by atoms with Crippen molar-refractivity contribution in [3.05, 3.63) is 64.7 Å². The van der Waals surface area contributed by atoms with Gasteiger partial charge in [0.2, 0.25) is 0 Å². The van der Waals surface area contributed by atoms with Crippen molar-refractivity contribution in [1.29, 1.82) is 0 Å². The number of nitrogens with one attached hydrogen (secondary N) is 1. The molecular weight excluding hydrogens is 354 g/mol. The standard InChI is InChI=1S/C24H28ClNO/c25-22-6-4-17(5-7-22)16-27-23-3-1-2-18(11-23)15-26-24-12-19-8-20(13-24)10-21(9-19)14-24/h1-7,11,19-21,26H,8-10,12-16H2. The molecule has 4 aliphatic carbocycles. The minimum absolute atomic E-state index is 0.412. The largest absolute Gasteiger partial charge is 0.489 e. The van der Waals surface area contributed by atoms with E-state index in [0.29, 0.717) is 12.1 Å². The van der Waals surface area contributed by atoms with Gasteiger partial charge in [-0.3, -0.25) is 0 Å². The van der Waals surface area contributed by atoms with E-state index in [1.165, 1.54) is 44.1 Å². The number of benzene rings is 2. The topological polar surface area (TPSA) is 21.3 Å². The van der Waals surface area contributed by atoms with E-state index >= 15 is 0 Å². The van der Waals surface area contributed by atoms with Crippen LogP contribution in [-0.2, 0) is 13.2 Å². The molecule has 2 nitrogen and oxygen atoms in total. The minimum atomic E-state index is 0.412. The first kappa shape index (κ1) is 17.6. The highest BCUT2D eigenvalue weighted by Gasteiger charge is 2.50. The zero-order chi connectivity index (χ0) is 18.3. The summed E-state index contributed by atoms with van der Waals surface area (Å²) in [5.74, 6) is 3.89. The fourth-order valence-electron chi connectivity index (χ4n) is 6.11. The van der Waals surface area contributed by atoms with Gasteiger partial charge in [0, 0.05) is 17.1 Å². The average molecular weight is 382 g/mol. The molecule has 0 aromatic heterocycles. The zero-order valence-electron chi connectivity index (χ0n) is 15.8. The molecule has 0 amide bonds. The fourth-order valence-corrected chi connectivity index (χ4v) is 6.24. The summed E-state index contributed by atoms with van der Waals surface area (Å²) in [4.78, 5) is 0. The van der Waals surface area contributed by atoms with E-state index in [1.807, 2.05) is 30.3 Å². The summed E-state index contributed by atoms with van der Waals surface area (Å²) in [7, 11) is 0. The van der Waals surface area contributed by atoms with E-state index < -0.39 is 0 Å². The highest BCUT2D eigenvalue weighted by molar-refractivity contribution is 6.30. The summed E-state index contributed by atoms with van der Waals surface area (Å²) < 4.78 is 6.00. The summed E-state index contributed by atoms with van der Waals surface area (Å²) in [5.41, 5.74) is 2.87. The molecule has 0 atom stereocenters. The predicted molar refractivity (Wildman–Crippen MR) is 110 cm³/mol. The van der Waals surface area contributed by atoms with Crippen molar-refractivity contribution >= 4 is 11.6 Å². The number of hydrogen-bond acceptors (Lipinski definition) is 2. The summed E-state index contributed by atoms with van der Waals surface area (Å²) in [6, 6.07) is 16.4. The Morgan fingerprint density at radius 2 is 1.56 bits per heavy atom. The smallest absolute Gasteiger partial charge is 0.120 e.